The number of nitriles is 1. The molecule has 2 amide bonds. The van der Waals surface area contributed by atoms with Crippen molar-refractivity contribution in [3.63, 3.8) is 0 Å². The molecule has 1 aliphatic rings. The highest BCUT2D eigenvalue weighted by Crippen LogP contribution is 2.40. The van der Waals surface area contributed by atoms with Crippen molar-refractivity contribution >= 4 is 55.7 Å². The van der Waals surface area contributed by atoms with Crippen LogP contribution in [0.3, 0.4) is 0 Å². The van der Waals surface area contributed by atoms with Gasteiger partial charge >= 0.3 is 0 Å². The maximum absolute atomic E-state index is 12.6. The number of halogens is 1. The Morgan fingerprint density at radius 2 is 1.92 bits per heavy atom. The number of para-hydroxylation sites is 1. The van der Waals surface area contributed by atoms with Crippen molar-refractivity contribution in [1.29, 1.82) is 5.26 Å². The van der Waals surface area contributed by atoms with E-state index >= 15 is 0 Å². The Bertz CT molecular complexity index is 1670. The van der Waals surface area contributed by atoms with Gasteiger partial charge in [-0.15, -0.1) is 10.2 Å². The fourth-order valence-electron chi connectivity index (χ4n) is 4.13. The average Bonchev–Trinajstić information content (AvgIpc) is 3.18. The number of hydrogen-bond acceptors (Lipinski definition) is 9. The van der Waals surface area contributed by atoms with Crippen molar-refractivity contribution in [2.75, 3.05) is 25.5 Å². The lowest BCUT2D eigenvalue weighted by Gasteiger charge is -2.15. The highest BCUT2D eigenvalue weighted by atomic mass is 79.9. The topological polar surface area (TPSA) is 140 Å². The van der Waals surface area contributed by atoms with Crippen molar-refractivity contribution in [2.45, 2.75) is 6.10 Å². The molecule has 1 aliphatic heterocycles. The van der Waals surface area contributed by atoms with Crippen LogP contribution in [0.25, 0.3) is 10.9 Å². The number of anilines is 1. The van der Waals surface area contributed by atoms with Crippen LogP contribution in [0.1, 0.15) is 26.3 Å². The van der Waals surface area contributed by atoms with Gasteiger partial charge in [-0.3, -0.25) is 19.5 Å². The predicted molar refractivity (Wildman–Crippen MR) is 148 cm³/mol. The second-order valence-electron chi connectivity index (χ2n) is 8.68. The van der Waals surface area contributed by atoms with Gasteiger partial charge in [0.2, 0.25) is 0 Å². The summed E-state index contributed by atoms with van der Waals surface area (Å²) in [5, 5.41) is 32.6. The van der Waals surface area contributed by atoms with Crippen molar-refractivity contribution in [3.05, 3.63) is 88.0 Å². The lowest BCUT2D eigenvalue weighted by Crippen LogP contribution is -2.26. The molecule has 0 saturated carbocycles. The van der Waals surface area contributed by atoms with Crippen LogP contribution < -0.4 is 10.1 Å². The van der Waals surface area contributed by atoms with Crippen LogP contribution in [0.15, 0.2) is 81.6 Å². The second-order valence-corrected chi connectivity index (χ2v) is 9.47. The number of nitrogens with one attached hydrogen (secondary N) is 1. The normalized spacial score (nSPS) is 13.5. The molecule has 2 N–H and O–H groups in total. The first-order chi connectivity index (χ1) is 18.9. The molecule has 1 unspecified atom stereocenters. The largest absolute Gasteiger partial charge is 0.491 e. The Labute approximate surface area is 231 Å². The number of imide groups is 1. The summed E-state index contributed by atoms with van der Waals surface area (Å²) in [5.41, 5.74) is 2.32. The number of rotatable bonds is 8. The van der Waals surface area contributed by atoms with Gasteiger partial charge in [-0.1, -0.05) is 18.2 Å². The molecule has 0 fully saturated rings. The minimum Gasteiger partial charge on any atom is -0.491 e. The van der Waals surface area contributed by atoms with E-state index < -0.39 is 17.9 Å². The Kier molecular flexibility index (Phi) is 7.31. The summed E-state index contributed by atoms with van der Waals surface area (Å²) >= 11 is 3.36. The Balaban J connectivity index is 1.39. The first-order valence-corrected chi connectivity index (χ1v) is 12.7. The van der Waals surface area contributed by atoms with E-state index in [1.54, 1.807) is 24.4 Å². The number of ether oxygens (including phenoxy) is 1. The molecule has 1 aromatic heterocycles. The van der Waals surface area contributed by atoms with E-state index in [9.17, 15) is 20.0 Å². The van der Waals surface area contributed by atoms with Crippen LogP contribution in [-0.4, -0.2) is 53.1 Å². The maximum atomic E-state index is 12.6. The minimum absolute atomic E-state index is 0.105. The van der Waals surface area contributed by atoms with E-state index in [4.69, 9.17) is 4.74 Å². The quantitative estimate of drug-likeness (QED) is 0.210. The van der Waals surface area contributed by atoms with E-state index in [1.807, 2.05) is 42.5 Å². The summed E-state index contributed by atoms with van der Waals surface area (Å²) < 4.78 is 5.84. The van der Waals surface area contributed by atoms with Crippen LogP contribution in [-0.2, 0) is 0 Å². The molecule has 4 aromatic rings. The number of azo groups is 1. The van der Waals surface area contributed by atoms with Gasteiger partial charge in [0.05, 0.1) is 38.1 Å². The first-order valence-electron chi connectivity index (χ1n) is 11.9. The van der Waals surface area contributed by atoms with Crippen molar-refractivity contribution in [1.82, 2.24) is 9.88 Å². The molecule has 0 radical (unpaired) electrons. The smallest absolute Gasteiger partial charge is 0.262 e. The summed E-state index contributed by atoms with van der Waals surface area (Å²) in [4.78, 5) is 30.4. The number of nitrogens with zero attached hydrogens (tertiary/aromatic N) is 5. The van der Waals surface area contributed by atoms with Gasteiger partial charge in [-0.25, -0.2) is 0 Å². The van der Waals surface area contributed by atoms with E-state index in [1.165, 1.54) is 13.1 Å². The monoisotopic (exact) mass is 584 g/mol. The van der Waals surface area contributed by atoms with Gasteiger partial charge in [0.1, 0.15) is 30.2 Å². The van der Waals surface area contributed by atoms with Crippen molar-refractivity contribution < 1.29 is 19.4 Å². The molecule has 10 nitrogen and oxygen atoms in total. The second kappa shape index (κ2) is 11.0. The molecule has 0 saturated heterocycles. The van der Waals surface area contributed by atoms with Crippen LogP contribution >= 0.6 is 15.9 Å². The average molecular weight is 585 g/mol. The highest BCUT2D eigenvalue weighted by Gasteiger charge is 2.37. The van der Waals surface area contributed by atoms with Gasteiger partial charge in [-0.2, -0.15) is 5.26 Å². The lowest BCUT2D eigenvalue weighted by molar-refractivity contribution is 0.0692. The molecule has 3 aromatic carbocycles. The van der Waals surface area contributed by atoms with Crippen LogP contribution in [0.5, 0.6) is 5.75 Å². The molecular formula is C28H21BrN6O4. The zero-order chi connectivity index (χ0) is 27.5. The van der Waals surface area contributed by atoms with Gasteiger partial charge in [-0.05, 0) is 58.4 Å². The number of carbonyl (C=O) groups excluding carboxylic acids is 2. The zero-order valence-electron chi connectivity index (χ0n) is 20.6. The molecule has 11 heteroatoms. The molecule has 2 heterocycles. The number of aliphatic hydroxyl groups excluding tert-OH is 1. The molecule has 0 bridgehead atoms. The van der Waals surface area contributed by atoms with Gasteiger partial charge in [0, 0.05) is 25.2 Å². The first kappa shape index (κ1) is 26.0. The zero-order valence-corrected chi connectivity index (χ0v) is 22.2. The number of aromatic nitrogens is 1. The molecule has 1 atom stereocenters. The standard InChI is InChI=1S/C28H21BrN6O4/c1-35-27(37)20-12-16(13-30)25(24(29)23(20)28(35)38)34-33-21-9-10-22(26-19(21)8-5-11-31-26)32-14-17(36)15-39-18-6-3-2-4-7-18/h2-12,17,32,36H,14-15H2,1H3/b34-33+. The van der Waals surface area contributed by atoms with E-state index in [0.717, 1.165) is 4.90 Å². The van der Waals surface area contributed by atoms with Crippen molar-refractivity contribution in [2.24, 2.45) is 10.2 Å². The van der Waals surface area contributed by atoms with Crippen LogP contribution in [0.2, 0.25) is 0 Å². The maximum Gasteiger partial charge on any atom is 0.262 e. The number of hydrogen-bond donors (Lipinski definition) is 2. The van der Waals surface area contributed by atoms with Crippen LogP contribution in [0.4, 0.5) is 17.1 Å². The Morgan fingerprint density at radius 1 is 1.13 bits per heavy atom. The Hall–Kier alpha value is -4.66. The van der Waals surface area contributed by atoms with E-state index in [2.05, 4.69) is 36.5 Å². The number of amides is 2. The molecule has 39 heavy (non-hydrogen) atoms. The molecule has 5 rings (SSSR count). The van der Waals surface area contributed by atoms with Crippen molar-refractivity contribution in [3.8, 4) is 11.8 Å². The van der Waals surface area contributed by atoms with E-state index in [-0.39, 0.29) is 40.0 Å². The summed E-state index contributed by atoms with van der Waals surface area (Å²) in [6.45, 7) is 0.351. The number of aliphatic hydroxyl groups is 1. The molecular weight excluding hydrogens is 564 g/mol. The SMILES string of the molecule is CN1C(=O)c2cc(C#N)c(/N=N/c3ccc(NCC(O)COc4ccccc4)c4ncccc34)c(Br)c2C1=O. The van der Waals surface area contributed by atoms with E-state index in [0.29, 0.717) is 28.0 Å². The molecule has 0 spiro atoms. The third-order valence-corrected chi connectivity index (χ3v) is 6.90. The van der Waals surface area contributed by atoms with Gasteiger partial charge in [0.15, 0.2) is 0 Å². The fourth-order valence-corrected chi connectivity index (χ4v) is 4.80. The van der Waals surface area contributed by atoms with Crippen LogP contribution in [0, 0.1) is 11.3 Å². The third kappa shape index (κ3) is 5.07. The number of pyridine rings is 1. The van der Waals surface area contributed by atoms with Gasteiger partial charge < -0.3 is 15.2 Å². The summed E-state index contributed by atoms with van der Waals surface area (Å²) in [6.07, 6.45) is 0.881. The number of fused-ring (bicyclic) bond motifs is 2. The van der Waals surface area contributed by atoms with Gasteiger partial charge in [0.25, 0.3) is 11.8 Å². The summed E-state index contributed by atoms with van der Waals surface area (Å²) in [5.74, 6) is -0.284. The molecule has 0 aliphatic carbocycles. The minimum atomic E-state index is -0.765. The predicted octanol–water partition coefficient (Wildman–Crippen LogP) is 5.36. The highest BCUT2D eigenvalue weighted by molar-refractivity contribution is 9.10. The number of carbonyl (C=O) groups is 2. The lowest BCUT2D eigenvalue weighted by atomic mass is 10.0. The third-order valence-electron chi connectivity index (χ3n) is 6.13. The fraction of sp³-hybridized carbons (Fsp3) is 0.143. The molecule has 194 valence electrons. The number of benzene rings is 3. The summed E-state index contributed by atoms with van der Waals surface area (Å²) in [7, 11) is 1.38. The Morgan fingerprint density at radius 3 is 2.69 bits per heavy atom. The summed E-state index contributed by atoms with van der Waals surface area (Å²) in [6, 6.07) is 19.7.